The maximum Gasteiger partial charge on any atom is 0.210 e. The zero-order valence-corrected chi connectivity index (χ0v) is 12.8. The summed E-state index contributed by atoms with van der Waals surface area (Å²) in [5, 5.41) is 5.73. The Bertz CT molecular complexity index is 876. The molecule has 114 valence electrons. The molecule has 0 amide bonds. The number of fused-ring (bicyclic) bond motifs is 1. The first-order valence-electron chi connectivity index (χ1n) is 5.89. The Morgan fingerprint density at radius 3 is 2.48 bits per heavy atom. The maximum atomic E-state index is 12.2. The van der Waals surface area contributed by atoms with Crippen molar-refractivity contribution in [3.8, 4) is 5.75 Å². The van der Waals surface area contributed by atoms with Crippen LogP contribution in [-0.4, -0.2) is 40.4 Å². The second kappa shape index (κ2) is 5.58. The minimum Gasteiger partial charge on any atom is -0.497 e. The second-order valence-electron chi connectivity index (χ2n) is 4.39. The van der Waals surface area contributed by atoms with E-state index in [0.29, 0.717) is 16.5 Å². The highest BCUT2D eigenvalue weighted by Gasteiger charge is 2.21. The molecule has 2 aromatic rings. The average molecular weight is 330 g/mol. The van der Waals surface area contributed by atoms with E-state index in [1.807, 2.05) is 0 Å². The Hall–Kier alpha value is -1.71. The van der Waals surface area contributed by atoms with Gasteiger partial charge in [0.2, 0.25) is 10.0 Å². The summed E-state index contributed by atoms with van der Waals surface area (Å²) in [6.07, 6.45) is 1.35. The van der Waals surface area contributed by atoms with Gasteiger partial charge in [0, 0.05) is 11.6 Å². The summed E-state index contributed by atoms with van der Waals surface area (Å²) in [6.45, 7) is 0. The van der Waals surface area contributed by atoms with Crippen LogP contribution in [0.1, 0.15) is 0 Å². The average Bonchev–Trinajstić information content (AvgIpc) is 2.43. The molecule has 2 rings (SSSR count). The largest absolute Gasteiger partial charge is 0.497 e. The number of pyridine rings is 1. The highest BCUT2D eigenvalue weighted by atomic mass is 32.2. The van der Waals surface area contributed by atoms with Gasteiger partial charge in [-0.2, -0.15) is 0 Å². The summed E-state index contributed by atoms with van der Waals surface area (Å²) in [5.41, 5.74) is 0. The van der Waals surface area contributed by atoms with Crippen LogP contribution in [0, 0.1) is 0 Å². The molecule has 1 aromatic carbocycles. The first-order chi connectivity index (χ1) is 9.73. The first kappa shape index (κ1) is 15.7. The Kier molecular flexibility index (Phi) is 4.17. The van der Waals surface area contributed by atoms with Crippen LogP contribution in [0.5, 0.6) is 5.75 Å². The zero-order chi connectivity index (χ0) is 15.7. The van der Waals surface area contributed by atoms with Crippen LogP contribution >= 0.6 is 0 Å². The van der Waals surface area contributed by atoms with Crippen molar-refractivity contribution in [2.75, 3.05) is 18.6 Å². The lowest BCUT2D eigenvalue weighted by molar-refractivity contribution is 0.415. The van der Waals surface area contributed by atoms with Crippen LogP contribution in [0.2, 0.25) is 0 Å². The number of hydrogen-bond donors (Lipinski definition) is 1. The number of ether oxygens (including phenoxy) is 1. The van der Waals surface area contributed by atoms with E-state index >= 15 is 0 Å². The summed E-state index contributed by atoms with van der Waals surface area (Å²) < 4.78 is 51.4. The molecule has 0 aliphatic carbocycles. The van der Waals surface area contributed by atoms with Gasteiger partial charge in [0.15, 0.2) is 14.9 Å². The molecule has 0 saturated carbocycles. The van der Waals surface area contributed by atoms with E-state index in [1.165, 1.54) is 13.3 Å². The van der Waals surface area contributed by atoms with Crippen molar-refractivity contribution in [2.45, 2.75) is 5.03 Å². The number of benzene rings is 1. The van der Waals surface area contributed by atoms with E-state index in [2.05, 4.69) is 4.98 Å². The van der Waals surface area contributed by atoms with Gasteiger partial charge in [0.05, 0.1) is 18.6 Å². The van der Waals surface area contributed by atoms with Gasteiger partial charge < -0.3 is 4.74 Å². The molecule has 21 heavy (non-hydrogen) atoms. The van der Waals surface area contributed by atoms with Crippen LogP contribution in [0.15, 0.2) is 35.5 Å². The molecule has 0 aliphatic rings. The number of primary sulfonamides is 1. The molecular weight excluding hydrogens is 316 g/mol. The summed E-state index contributed by atoms with van der Waals surface area (Å²) in [4.78, 5) is 3.87. The normalized spacial score (nSPS) is 12.5. The molecule has 0 atom stereocenters. The van der Waals surface area contributed by atoms with E-state index < -0.39 is 31.4 Å². The van der Waals surface area contributed by atoms with Gasteiger partial charge in [-0.1, -0.05) is 0 Å². The molecule has 9 heteroatoms. The number of methoxy groups -OCH3 is 1. The van der Waals surface area contributed by atoms with Crippen molar-refractivity contribution >= 4 is 30.6 Å². The fourth-order valence-corrected chi connectivity index (χ4v) is 4.57. The Morgan fingerprint density at radius 2 is 1.86 bits per heavy atom. The van der Waals surface area contributed by atoms with Crippen LogP contribution in [-0.2, 0) is 19.9 Å². The predicted octanol–water partition coefficient (Wildman–Crippen LogP) is 0.306. The third kappa shape index (κ3) is 3.69. The Morgan fingerprint density at radius 1 is 1.14 bits per heavy atom. The lowest BCUT2D eigenvalue weighted by atomic mass is 10.2. The standard InChI is InChI=1S/C12H14N2O5S2/c1-19-10-2-3-11-9(8-10)4-5-14-12(11)20(15,16)6-7-21(13,17)18/h2-5,8H,6-7H2,1H3,(H2,13,17,18). The maximum absolute atomic E-state index is 12.2. The van der Waals surface area contributed by atoms with Crippen molar-refractivity contribution < 1.29 is 21.6 Å². The number of sulfonamides is 1. The molecule has 0 fully saturated rings. The van der Waals surface area contributed by atoms with Crippen molar-refractivity contribution in [1.29, 1.82) is 0 Å². The monoisotopic (exact) mass is 330 g/mol. The fourth-order valence-electron chi connectivity index (χ4n) is 1.83. The minimum atomic E-state index is -3.86. The number of rotatable bonds is 5. The molecule has 1 aromatic heterocycles. The summed E-state index contributed by atoms with van der Waals surface area (Å²) in [5.74, 6) is -0.672. The molecular formula is C12H14N2O5S2. The van der Waals surface area contributed by atoms with Crippen molar-refractivity contribution in [3.63, 3.8) is 0 Å². The summed E-state index contributed by atoms with van der Waals surface area (Å²) >= 11 is 0. The number of nitrogens with zero attached hydrogens (tertiary/aromatic N) is 1. The van der Waals surface area contributed by atoms with E-state index in [4.69, 9.17) is 9.88 Å². The highest BCUT2D eigenvalue weighted by molar-refractivity contribution is 7.94. The summed E-state index contributed by atoms with van der Waals surface area (Å²) in [6, 6.07) is 6.51. The number of nitrogens with two attached hydrogens (primary N) is 1. The minimum absolute atomic E-state index is 0.161. The van der Waals surface area contributed by atoms with E-state index in [0.717, 1.165) is 0 Å². The van der Waals surface area contributed by atoms with E-state index in [1.54, 1.807) is 24.3 Å². The van der Waals surface area contributed by atoms with Gasteiger partial charge in [-0.3, -0.25) is 0 Å². The van der Waals surface area contributed by atoms with Crippen LogP contribution in [0.3, 0.4) is 0 Å². The third-order valence-electron chi connectivity index (χ3n) is 2.87. The quantitative estimate of drug-likeness (QED) is 0.843. The highest BCUT2D eigenvalue weighted by Crippen LogP contribution is 2.25. The molecule has 1 heterocycles. The first-order valence-corrected chi connectivity index (χ1v) is 9.26. The van der Waals surface area contributed by atoms with Crippen LogP contribution < -0.4 is 9.88 Å². The number of aromatic nitrogens is 1. The second-order valence-corrected chi connectivity index (χ2v) is 8.15. The third-order valence-corrected chi connectivity index (χ3v) is 5.55. The smallest absolute Gasteiger partial charge is 0.210 e. The number of hydrogen-bond acceptors (Lipinski definition) is 6. The van der Waals surface area contributed by atoms with Gasteiger partial charge in [-0.15, -0.1) is 0 Å². The van der Waals surface area contributed by atoms with Gasteiger partial charge in [-0.05, 0) is 29.7 Å². The van der Waals surface area contributed by atoms with Crippen LogP contribution in [0.4, 0.5) is 0 Å². The van der Waals surface area contributed by atoms with Gasteiger partial charge in [0.1, 0.15) is 5.75 Å². The van der Waals surface area contributed by atoms with Crippen LogP contribution in [0.25, 0.3) is 10.8 Å². The SMILES string of the molecule is COc1ccc2c(S(=O)(=O)CCS(N)(=O)=O)nccc2c1. The molecule has 0 aliphatic heterocycles. The van der Waals surface area contributed by atoms with Gasteiger partial charge >= 0.3 is 0 Å². The molecule has 0 spiro atoms. The molecule has 0 bridgehead atoms. The molecule has 0 radical (unpaired) electrons. The molecule has 2 N–H and O–H groups in total. The van der Waals surface area contributed by atoms with E-state index in [-0.39, 0.29) is 5.03 Å². The van der Waals surface area contributed by atoms with Crippen molar-refractivity contribution in [1.82, 2.24) is 4.98 Å². The molecule has 0 saturated heterocycles. The topological polar surface area (TPSA) is 116 Å². The Labute approximate surface area is 122 Å². The van der Waals surface area contributed by atoms with Gasteiger partial charge in [-0.25, -0.2) is 27.0 Å². The number of sulfone groups is 1. The molecule has 7 nitrogen and oxygen atoms in total. The molecule has 0 unspecified atom stereocenters. The lowest BCUT2D eigenvalue weighted by Gasteiger charge is -2.08. The van der Waals surface area contributed by atoms with Crippen molar-refractivity contribution in [2.24, 2.45) is 5.14 Å². The summed E-state index contributed by atoms with van der Waals surface area (Å²) in [7, 11) is -6.20. The Balaban J connectivity index is 2.51. The lowest BCUT2D eigenvalue weighted by Crippen LogP contribution is -2.23. The fraction of sp³-hybridized carbons (Fsp3) is 0.250. The van der Waals surface area contributed by atoms with Gasteiger partial charge in [0.25, 0.3) is 0 Å². The van der Waals surface area contributed by atoms with E-state index in [9.17, 15) is 16.8 Å². The van der Waals surface area contributed by atoms with Crippen molar-refractivity contribution in [3.05, 3.63) is 30.5 Å². The zero-order valence-electron chi connectivity index (χ0n) is 11.2. The predicted molar refractivity (Wildman–Crippen MR) is 78.3 cm³/mol.